The molecule has 2 heterocycles. The first-order chi connectivity index (χ1) is 8.52. The van der Waals surface area contributed by atoms with Crippen molar-refractivity contribution in [3.05, 3.63) is 35.5 Å². The zero-order valence-electron chi connectivity index (χ0n) is 9.67. The smallest absolute Gasteiger partial charge is 0.340 e. The summed E-state index contributed by atoms with van der Waals surface area (Å²) in [4.78, 5) is 0. The van der Waals surface area contributed by atoms with Crippen LogP contribution in [0.4, 0.5) is 13.2 Å². The van der Waals surface area contributed by atoms with E-state index in [9.17, 15) is 13.2 Å². The third kappa shape index (κ3) is 1.54. The second-order valence-corrected chi connectivity index (χ2v) is 4.67. The molecule has 1 atom stereocenters. The fourth-order valence-electron chi connectivity index (χ4n) is 2.84. The van der Waals surface area contributed by atoms with Gasteiger partial charge in [-0.3, -0.25) is 0 Å². The minimum absolute atomic E-state index is 0.126. The van der Waals surface area contributed by atoms with Gasteiger partial charge in [-0.2, -0.15) is 13.2 Å². The monoisotopic (exact) mass is 254 g/mol. The number of hydrogen-bond acceptors (Lipinski definition) is 1. The van der Waals surface area contributed by atoms with Crippen LogP contribution in [-0.2, 0) is 12.6 Å². The molecule has 1 aromatic carbocycles. The van der Waals surface area contributed by atoms with Crippen LogP contribution in [0, 0.1) is 0 Å². The summed E-state index contributed by atoms with van der Waals surface area (Å²) in [6.45, 7) is 0.465. The number of fused-ring (bicyclic) bond motifs is 3. The second-order valence-electron chi connectivity index (χ2n) is 4.67. The summed E-state index contributed by atoms with van der Waals surface area (Å²) in [7, 11) is 0. The van der Waals surface area contributed by atoms with E-state index in [2.05, 4.69) is 0 Å². The molecule has 0 saturated heterocycles. The van der Waals surface area contributed by atoms with Gasteiger partial charge in [-0.15, -0.1) is 0 Å². The van der Waals surface area contributed by atoms with Gasteiger partial charge >= 0.3 is 6.18 Å². The summed E-state index contributed by atoms with van der Waals surface area (Å²) in [5, 5.41) is 0.290. The molecule has 0 saturated carbocycles. The van der Waals surface area contributed by atoms with E-state index in [1.165, 1.54) is 6.07 Å². The van der Waals surface area contributed by atoms with Gasteiger partial charge < -0.3 is 10.3 Å². The lowest BCUT2D eigenvalue weighted by atomic mass is 10.1. The summed E-state index contributed by atoms with van der Waals surface area (Å²) in [5.74, 6) is 0. The van der Waals surface area contributed by atoms with Gasteiger partial charge in [-0.05, 0) is 31.0 Å². The summed E-state index contributed by atoms with van der Waals surface area (Å²) in [5.41, 5.74) is 6.72. The van der Waals surface area contributed by atoms with E-state index in [1.54, 1.807) is 12.1 Å². The first-order valence-electron chi connectivity index (χ1n) is 5.92. The molecule has 0 aliphatic carbocycles. The Bertz CT molecular complexity index is 598. The fourth-order valence-corrected chi connectivity index (χ4v) is 2.84. The predicted molar refractivity (Wildman–Crippen MR) is 63.4 cm³/mol. The van der Waals surface area contributed by atoms with Gasteiger partial charge in [-0.25, -0.2) is 0 Å². The molecule has 1 aromatic heterocycles. The van der Waals surface area contributed by atoms with Gasteiger partial charge in [-0.1, -0.05) is 6.07 Å². The summed E-state index contributed by atoms with van der Waals surface area (Å²) in [6, 6.07) is 6.12. The largest absolute Gasteiger partial charge is 0.417 e. The standard InChI is InChI=1S/C13H13F3N2/c14-13(15,16)11-2-1-3-12-10(11)6-8-4-5-9(7-17)18(8)12/h1-3,6,9H,4-5,7,17H2. The molecule has 0 amide bonds. The molecule has 1 unspecified atom stereocenters. The number of rotatable bonds is 1. The maximum absolute atomic E-state index is 12.9. The maximum Gasteiger partial charge on any atom is 0.417 e. The predicted octanol–water partition coefficient (Wildman–Crippen LogP) is 3.11. The molecule has 3 rings (SSSR count). The Labute approximate surface area is 102 Å². The van der Waals surface area contributed by atoms with Gasteiger partial charge in [0.1, 0.15) is 0 Å². The number of aryl methyl sites for hydroxylation is 1. The molecule has 2 N–H and O–H groups in total. The third-order valence-corrected chi connectivity index (χ3v) is 3.64. The van der Waals surface area contributed by atoms with E-state index < -0.39 is 11.7 Å². The average molecular weight is 254 g/mol. The number of nitrogens with two attached hydrogens (primary N) is 1. The number of nitrogens with zero attached hydrogens (tertiary/aromatic N) is 1. The average Bonchev–Trinajstić information content (AvgIpc) is 2.84. The van der Waals surface area contributed by atoms with E-state index in [0.717, 1.165) is 24.6 Å². The highest BCUT2D eigenvalue weighted by molar-refractivity contribution is 5.85. The maximum atomic E-state index is 12.9. The van der Waals surface area contributed by atoms with Gasteiger partial charge in [0.25, 0.3) is 0 Å². The van der Waals surface area contributed by atoms with E-state index in [-0.39, 0.29) is 11.4 Å². The molecular weight excluding hydrogens is 241 g/mol. The summed E-state index contributed by atoms with van der Waals surface area (Å²) >= 11 is 0. The number of aromatic nitrogens is 1. The van der Waals surface area contributed by atoms with E-state index in [1.807, 2.05) is 4.57 Å². The van der Waals surface area contributed by atoms with Gasteiger partial charge in [0.05, 0.1) is 5.56 Å². The number of benzene rings is 1. The second kappa shape index (κ2) is 3.75. The fraction of sp³-hybridized carbons (Fsp3) is 0.385. The van der Waals surface area contributed by atoms with Crippen molar-refractivity contribution in [3.8, 4) is 0 Å². The minimum atomic E-state index is -4.31. The molecule has 0 radical (unpaired) electrons. The molecule has 0 bridgehead atoms. The highest BCUT2D eigenvalue weighted by Gasteiger charge is 2.34. The molecule has 0 spiro atoms. The van der Waals surface area contributed by atoms with Crippen LogP contribution in [0.3, 0.4) is 0 Å². The van der Waals surface area contributed by atoms with Crippen LogP contribution < -0.4 is 5.73 Å². The molecule has 5 heteroatoms. The van der Waals surface area contributed by atoms with Crippen molar-refractivity contribution in [1.82, 2.24) is 4.57 Å². The Morgan fingerprint density at radius 1 is 1.33 bits per heavy atom. The quantitative estimate of drug-likeness (QED) is 0.832. The van der Waals surface area contributed by atoms with Crippen LogP contribution in [0.15, 0.2) is 24.3 Å². The number of alkyl halides is 3. The van der Waals surface area contributed by atoms with Crippen LogP contribution in [0.2, 0.25) is 0 Å². The summed E-state index contributed by atoms with van der Waals surface area (Å²) < 4.78 is 40.7. The van der Waals surface area contributed by atoms with Crippen LogP contribution in [0.25, 0.3) is 10.9 Å². The van der Waals surface area contributed by atoms with Gasteiger partial charge in [0.15, 0.2) is 0 Å². The minimum Gasteiger partial charge on any atom is -0.340 e. The molecule has 18 heavy (non-hydrogen) atoms. The molecule has 96 valence electrons. The van der Waals surface area contributed by atoms with E-state index >= 15 is 0 Å². The number of hydrogen-bond donors (Lipinski definition) is 1. The van der Waals surface area contributed by atoms with E-state index in [0.29, 0.717) is 12.1 Å². The van der Waals surface area contributed by atoms with Crippen molar-refractivity contribution in [2.45, 2.75) is 25.1 Å². The van der Waals surface area contributed by atoms with Crippen LogP contribution in [0.1, 0.15) is 23.7 Å². The van der Waals surface area contributed by atoms with Gasteiger partial charge in [0, 0.05) is 29.2 Å². The Hall–Kier alpha value is -1.49. The van der Waals surface area contributed by atoms with Crippen LogP contribution in [-0.4, -0.2) is 11.1 Å². The molecule has 2 nitrogen and oxygen atoms in total. The first-order valence-corrected chi connectivity index (χ1v) is 5.92. The first kappa shape index (κ1) is 11.6. The van der Waals surface area contributed by atoms with Crippen LogP contribution >= 0.6 is 0 Å². The van der Waals surface area contributed by atoms with Crippen molar-refractivity contribution in [2.24, 2.45) is 5.73 Å². The van der Waals surface area contributed by atoms with E-state index in [4.69, 9.17) is 5.73 Å². The van der Waals surface area contributed by atoms with Crippen molar-refractivity contribution >= 4 is 10.9 Å². The summed E-state index contributed by atoms with van der Waals surface area (Å²) in [6.07, 6.45) is -2.59. The Morgan fingerprint density at radius 2 is 2.11 bits per heavy atom. The Kier molecular flexibility index (Phi) is 2.41. The Morgan fingerprint density at radius 3 is 2.78 bits per heavy atom. The molecule has 2 aromatic rings. The zero-order chi connectivity index (χ0) is 12.9. The lowest BCUT2D eigenvalue weighted by molar-refractivity contribution is -0.136. The van der Waals surface area contributed by atoms with Crippen molar-refractivity contribution in [3.63, 3.8) is 0 Å². The number of halogens is 3. The zero-order valence-corrected chi connectivity index (χ0v) is 9.67. The van der Waals surface area contributed by atoms with Crippen molar-refractivity contribution in [1.29, 1.82) is 0 Å². The third-order valence-electron chi connectivity index (χ3n) is 3.64. The molecule has 0 fully saturated rings. The topological polar surface area (TPSA) is 30.9 Å². The molecule has 1 aliphatic rings. The lowest BCUT2D eigenvalue weighted by Crippen LogP contribution is -2.15. The van der Waals surface area contributed by atoms with Crippen LogP contribution in [0.5, 0.6) is 0 Å². The van der Waals surface area contributed by atoms with Crippen molar-refractivity contribution in [2.75, 3.05) is 6.54 Å². The van der Waals surface area contributed by atoms with Crippen molar-refractivity contribution < 1.29 is 13.2 Å². The SMILES string of the molecule is NCC1CCc2cc3c(C(F)(F)F)cccc3n21. The highest BCUT2D eigenvalue weighted by atomic mass is 19.4. The molecular formula is C13H13F3N2. The Balaban J connectivity index is 2.28. The lowest BCUT2D eigenvalue weighted by Gasteiger charge is -2.13. The normalized spacial score (nSPS) is 19.4. The highest BCUT2D eigenvalue weighted by Crippen LogP contribution is 2.39. The van der Waals surface area contributed by atoms with Gasteiger partial charge in [0.2, 0.25) is 0 Å². The molecule has 1 aliphatic heterocycles.